The molecule has 0 unspecified atom stereocenters. The first-order valence-electron chi connectivity index (χ1n) is 8.73. The number of hydrogen-bond donors (Lipinski definition) is 2. The Morgan fingerprint density at radius 3 is 2.46 bits per heavy atom. The Morgan fingerprint density at radius 1 is 1.04 bits per heavy atom. The highest BCUT2D eigenvalue weighted by atomic mass is 32.2. The van der Waals surface area contributed by atoms with Crippen LogP contribution in [0.3, 0.4) is 0 Å². The molecule has 0 bridgehead atoms. The molecule has 0 saturated carbocycles. The number of hydrogen-bond acceptors (Lipinski definition) is 5. The summed E-state index contributed by atoms with van der Waals surface area (Å²) >= 11 is 1.66. The van der Waals surface area contributed by atoms with Crippen LogP contribution in [0.5, 0.6) is 0 Å². The van der Waals surface area contributed by atoms with E-state index in [1.54, 1.807) is 61.2 Å². The number of amides is 2. The molecule has 144 valence electrons. The molecule has 0 fully saturated rings. The highest BCUT2D eigenvalue weighted by Crippen LogP contribution is 2.13. The minimum Gasteiger partial charge on any atom is -0.267 e. The lowest BCUT2D eigenvalue weighted by atomic mass is 10.1. The SMILES string of the molecule is CCn1nc(C(=O)NNC(=O)c2cccc(CSC)c2)c2ccccc2c1=O. The summed E-state index contributed by atoms with van der Waals surface area (Å²) in [5.41, 5.74) is 6.09. The van der Waals surface area contributed by atoms with Gasteiger partial charge in [-0.25, -0.2) is 4.68 Å². The van der Waals surface area contributed by atoms with Gasteiger partial charge in [-0.1, -0.05) is 30.3 Å². The van der Waals surface area contributed by atoms with Gasteiger partial charge in [-0.05, 0) is 36.9 Å². The van der Waals surface area contributed by atoms with Gasteiger partial charge in [0.05, 0.1) is 5.39 Å². The molecule has 2 amide bonds. The number of carbonyl (C=O) groups is 2. The maximum absolute atomic E-state index is 12.6. The Labute approximate surface area is 166 Å². The Kier molecular flexibility index (Phi) is 6.10. The van der Waals surface area contributed by atoms with E-state index in [1.165, 1.54) is 4.68 Å². The monoisotopic (exact) mass is 396 g/mol. The summed E-state index contributed by atoms with van der Waals surface area (Å²) in [5.74, 6) is -0.224. The fourth-order valence-corrected chi connectivity index (χ4v) is 3.34. The number of thioether (sulfide) groups is 1. The van der Waals surface area contributed by atoms with Crippen molar-refractivity contribution in [2.45, 2.75) is 19.2 Å². The van der Waals surface area contributed by atoms with Gasteiger partial charge < -0.3 is 0 Å². The number of aryl methyl sites for hydroxylation is 1. The van der Waals surface area contributed by atoms with Crippen LogP contribution in [0.4, 0.5) is 0 Å². The number of rotatable bonds is 5. The smallest absolute Gasteiger partial charge is 0.267 e. The number of hydrazine groups is 1. The number of aromatic nitrogens is 2. The van der Waals surface area contributed by atoms with Crippen LogP contribution >= 0.6 is 11.8 Å². The molecular weight excluding hydrogens is 376 g/mol. The van der Waals surface area contributed by atoms with Gasteiger partial charge in [0.25, 0.3) is 17.4 Å². The van der Waals surface area contributed by atoms with Gasteiger partial charge in [-0.15, -0.1) is 0 Å². The molecule has 0 aliphatic heterocycles. The maximum Gasteiger partial charge on any atom is 0.290 e. The number of nitrogens with one attached hydrogen (secondary N) is 2. The summed E-state index contributed by atoms with van der Waals surface area (Å²) < 4.78 is 1.23. The van der Waals surface area contributed by atoms with E-state index >= 15 is 0 Å². The summed E-state index contributed by atoms with van der Waals surface area (Å²) in [6, 6.07) is 14.0. The second kappa shape index (κ2) is 8.71. The third-order valence-corrected chi connectivity index (χ3v) is 4.79. The zero-order valence-corrected chi connectivity index (χ0v) is 16.4. The largest absolute Gasteiger partial charge is 0.290 e. The number of benzene rings is 2. The lowest BCUT2D eigenvalue weighted by Crippen LogP contribution is -2.42. The molecule has 0 spiro atoms. The molecule has 0 radical (unpaired) electrons. The highest BCUT2D eigenvalue weighted by molar-refractivity contribution is 7.97. The molecule has 3 aromatic rings. The van der Waals surface area contributed by atoms with Gasteiger partial charge in [0.15, 0.2) is 5.69 Å². The van der Waals surface area contributed by atoms with Crippen LogP contribution in [0.15, 0.2) is 53.3 Å². The van der Waals surface area contributed by atoms with Crippen LogP contribution in [-0.2, 0) is 12.3 Å². The molecule has 2 N–H and O–H groups in total. The van der Waals surface area contributed by atoms with E-state index in [-0.39, 0.29) is 11.3 Å². The van der Waals surface area contributed by atoms with Gasteiger partial charge in [0.1, 0.15) is 0 Å². The van der Waals surface area contributed by atoms with E-state index < -0.39 is 11.8 Å². The predicted octanol–water partition coefficient (Wildman–Crippen LogP) is 2.35. The average molecular weight is 396 g/mol. The molecule has 0 atom stereocenters. The van der Waals surface area contributed by atoms with Gasteiger partial charge in [0.2, 0.25) is 0 Å². The fraction of sp³-hybridized carbons (Fsp3) is 0.200. The molecule has 1 aromatic heterocycles. The van der Waals surface area contributed by atoms with Crippen molar-refractivity contribution in [1.29, 1.82) is 0 Å². The van der Waals surface area contributed by atoms with Crippen molar-refractivity contribution in [3.8, 4) is 0 Å². The first-order valence-corrected chi connectivity index (χ1v) is 10.1. The van der Waals surface area contributed by atoms with Gasteiger partial charge in [-0.2, -0.15) is 16.9 Å². The zero-order chi connectivity index (χ0) is 20.1. The van der Waals surface area contributed by atoms with E-state index in [0.717, 1.165) is 11.3 Å². The van der Waals surface area contributed by atoms with Gasteiger partial charge >= 0.3 is 0 Å². The van der Waals surface area contributed by atoms with E-state index in [2.05, 4.69) is 16.0 Å². The molecule has 28 heavy (non-hydrogen) atoms. The molecule has 7 nitrogen and oxygen atoms in total. The lowest BCUT2D eigenvalue weighted by molar-refractivity contribution is 0.0843. The van der Waals surface area contributed by atoms with E-state index in [9.17, 15) is 14.4 Å². The third-order valence-electron chi connectivity index (χ3n) is 4.17. The number of fused-ring (bicyclic) bond motifs is 1. The zero-order valence-electron chi connectivity index (χ0n) is 15.6. The van der Waals surface area contributed by atoms with Crippen LogP contribution in [0.1, 0.15) is 33.3 Å². The minimum atomic E-state index is -0.591. The highest BCUT2D eigenvalue weighted by Gasteiger charge is 2.17. The van der Waals surface area contributed by atoms with Crippen LogP contribution < -0.4 is 16.4 Å². The summed E-state index contributed by atoms with van der Waals surface area (Å²) in [4.78, 5) is 37.4. The summed E-state index contributed by atoms with van der Waals surface area (Å²) in [5, 5.41) is 4.99. The standard InChI is InChI=1S/C20H20N4O3S/c1-3-24-20(27)16-10-5-4-9-15(16)17(23-24)19(26)22-21-18(25)14-8-6-7-13(11-14)12-28-2/h4-11H,3,12H2,1-2H3,(H,21,25)(H,22,26). The van der Waals surface area contributed by atoms with E-state index in [1.807, 2.05) is 12.3 Å². The van der Waals surface area contributed by atoms with Crippen molar-refractivity contribution >= 4 is 34.3 Å². The van der Waals surface area contributed by atoms with Gasteiger partial charge in [-0.3, -0.25) is 25.2 Å². The topological polar surface area (TPSA) is 93.1 Å². The lowest BCUT2D eigenvalue weighted by Gasteiger charge is -2.11. The normalized spacial score (nSPS) is 10.6. The number of carbonyl (C=O) groups excluding carboxylic acids is 2. The van der Waals surface area contributed by atoms with Crippen molar-refractivity contribution in [3.63, 3.8) is 0 Å². The van der Waals surface area contributed by atoms with Crippen LogP contribution in [0.2, 0.25) is 0 Å². The minimum absolute atomic E-state index is 0.0773. The molecule has 8 heteroatoms. The van der Waals surface area contributed by atoms with E-state index in [0.29, 0.717) is 22.9 Å². The maximum atomic E-state index is 12.6. The molecule has 0 aliphatic carbocycles. The molecule has 3 rings (SSSR count). The fourth-order valence-electron chi connectivity index (χ4n) is 2.83. The van der Waals surface area contributed by atoms with Crippen molar-refractivity contribution in [3.05, 3.63) is 75.7 Å². The quantitative estimate of drug-likeness (QED) is 0.646. The first kappa shape index (κ1) is 19.6. The van der Waals surface area contributed by atoms with Crippen LogP contribution in [0, 0.1) is 0 Å². The average Bonchev–Trinajstić information content (AvgIpc) is 2.72. The molecule has 0 aliphatic rings. The molecule has 2 aromatic carbocycles. The van der Waals surface area contributed by atoms with Crippen molar-refractivity contribution < 1.29 is 9.59 Å². The summed E-state index contributed by atoms with van der Waals surface area (Å²) in [7, 11) is 0. The second-order valence-corrected chi connectivity index (χ2v) is 6.92. The molecular formula is C20H20N4O3S. The Balaban J connectivity index is 1.82. The summed E-state index contributed by atoms with van der Waals surface area (Å²) in [6.45, 7) is 2.10. The van der Waals surface area contributed by atoms with Crippen LogP contribution in [0.25, 0.3) is 10.8 Å². The Bertz CT molecular complexity index is 1090. The Morgan fingerprint density at radius 2 is 1.75 bits per heavy atom. The van der Waals surface area contributed by atoms with Crippen LogP contribution in [-0.4, -0.2) is 27.9 Å². The van der Waals surface area contributed by atoms with E-state index in [4.69, 9.17) is 0 Å². The van der Waals surface area contributed by atoms with Crippen molar-refractivity contribution in [1.82, 2.24) is 20.6 Å². The first-order chi connectivity index (χ1) is 13.5. The van der Waals surface area contributed by atoms with Crippen molar-refractivity contribution in [2.75, 3.05) is 6.26 Å². The third kappa shape index (κ3) is 4.07. The molecule has 1 heterocycles. The second-order valence-electron chi connectivity index (χ2n) is 6.06. The summed E-state index contributed by atoms with van der Waals surface area (Å²) in [6.07, 6.45) is 1.99. The van der Waals surface area contributed by atoms with Gasteiger partial charge in [0, 0.05) is 23.2 Å². The Hall–Kier alpha value is -3.13. The predicted molar refractivity (Wildman–Crippen MR) is 110 cm³/mol. The van der Waals surface area contributed by atoms with Crippen molar-refractivity contribution in [2.24, 2.45) is 0 Å². The molecule has 0 saturated heterocycles. The number of nitrogens with zero attached hydrogens (tertiary/aromatic N) is 2.